The quantitative estimate of drug-likeness (QED) is 0.441. The van der Waals surface area contributed by atoms with Crippen molar-refractivity contribution in [3.63, 3.8) is 0 Å². The Bertz CT molecular complexity index is 1400. The fraction of sp³-hybridized carbons (Fsp3) is 0.577. The van der Waals surface area contributed by atoms with E-state index in [9.17, 15) is 21.6 Å². The molecule has 1 unspecified atom stereocenters. The number of hydrogen-bond donors (Lipinski definition) is 1. The summed E-state index contributed by atoms with van der Waals surface area (Å²) in [6.07, 6.45) is 2.96. The number of benzene rings is 1. The number of hydroxylamine groups is 1. The van der Waals surface area contributed by atoms with Crippen molar-refractivity contribution in [1.82, 2.24) is 14.1 Å². The minimum Gasteiger partial charge on any atom is -0.350 e. The summed E-state index contributed by atoms with van der Waals surface area (Å²) in [7, 11) is -7.80. The molecule has 4 heterocycles. The van der Waals surface area contributed by atoms with Gasteiger partial charge >= 0.3 is 0 Å². The van der Waals surface area contributed by atoms with Crippen LogP contribution in [0.15, 0.2) is 36.4 Å². The third-order valence-corrected chi connectivity index (χ3v) is 14.0. The molecule has 220 valence electrons. The van der Waals surface area contributed by atoms with E-state index in [1.807, 2.05) is 18.2 Å². The monoisotopic (exact) mass is 631 g/mol. The summed E-state index contributed by atoms with van der Waals surface area (Å²) in [5, 5.41) is 0.585. The Labute approximate surface area is 244 Å². The minimum atomic E-state index is -3.99. The lowest BCUT2D eigenvalue weighted by molar-refractivity contribution is -0.200. The molecule has 0 radical (unpaired) electrons. The molecule has 1 N–H and O–H groups in total. The van der Waals surface area contributed by atoms with Gasteiger partial charge in [0.15, 0.2) is 16.1 Å². The fourth-order valence-corrected chi connectivity index (χ4v) is 11.0. The standard InChI is InChI=1S/C26H34ClN3O7S3/c27-21-8-6-20(7-9-21)22-10-11-23(38-22)26(19-24(31)28-37-25-5-1-4-17-36-25)12-15-30(16-18-39(26,32)33)40(34,35)29-13-2-3-14-29/h6-11,25H,1-5,12-19H2,(H,28,31)/t25?,26-/m0/s1. The predicted octanol–water partition coefficient (Wildman–Crippen LogP) is 3.69. The lowest BCUT2D eigenvalue weighted by Gasteiger charge is -2.31. The van der Waals surface area contributed by atoms with Crippen LogP contribution in [0, 0.1) is 0 Å². The molecule has 2 atom stereocenters. The number of hydrogen-bond acceptors (Lipinski definition) is 8. The third kappa shape index (κ3) is 6.26. The zero-order valence-corrected chi connectivity index (χ0v) is 25.3. The molecule has 10 nitrogen and oxygen atoms in total. The summed E-state index contributed by atoms with van der Waals surface area (Å²) in [6.45, 7) is 1.20. The lowest BCUT2D eigenvalue weighted by atomic mass is 9.97. The number of amides is 1. The molecule has 1 amide bonds. The van der Waals surface area contributed by atoms with Gasteiger partial charge in [-0.2, -0.15) is 17.0 Å². The van der Waals surface area contributed by atoms with E-state index in [2.05, 4.69) is 5.48 Å². The number of carbonyl (C=O) groups is 1. The molecule has 0 saturated carbocycles. The molecule has 0 spiro atoms. The SMILES string of the molecule is O=C(C[C@]1(c2ccc(-c3ccc(Cl)cc3)s2)CCN(S(=O)(=O)N2CCCC2)CCS1(=O)=O)NOC1CCCCO1. The number of nitrogens with zero attached hydrogens (tertiary/aromatic N) is 2. The van der Waals surface area contributed by atoms with E-state index in [0.29, 0.717) is 36.0 Å². The predicted molar refractivity (Wildman–Crippen MR) is 154 cm³/mol. The van der Waals surface area contributed by atoms with Crippen LogP contribution in [0.4, 0.5) is 0 Å². The Morgan fingerprint density at radius 1 is 1.05 bits per heavy atom. The molecule has 14 heteroatoms. The number of carbonyl (C=O) groups excluding carboxylic acids is 1. The Hall–Kier alpha value is -1.58. The van der Waals surface area contributed by atoms with Crippen molar-refractivity contribution in [2.45, 2.75) is 56.0 Å². The average Bonchev–Trinajstić information content (AvgIpc) is 3.63. The van der Waals surface area contributed by atoms with Gasteiger partial charge in [0, 0.05) is 54.0 Å². The maximum Gasteiger partial charge on any atom is 0.282 e. The van der Waals surface area contributed by atoms with Gasteiger partial charge in [-0.25, -0.2) is 18.7 Å². The summed E-state index contributed by atoms with van der Waals surface area (Å²) < 4.78 is 61.4. The molecule has 3 aliphatic rings. The third-order valence-electron chi connectivity index (χ3n) is 7.76. The Morgan fingerprint density at radius 3 is 2.48 bits per heavy atom. The van der Waals surface area contributed by atoms with E-state index in [0.717, 1.165) is 36.1 Å². The molecule has 3 saturated heterocycles. The second-order valence-electron chi connectivity index (χ2n) is 10.4. The normalized spacial score (nSPS) is 26.4. The highest BCUT2D eigenvalue weighted by Gasteiger charge is 2.51. The van der Waals surface area contributed by atoms with E-state index >= 15 is 0 Å². The Balaban J connectivity index is 1.45. The molecule has 40 heavy (non-hydrogen) atoms. The van der Waals surface area contributed by atoms with Crippen molar-refractivity contribution >= 4 is 48.9 Å². The van der Waals surface area contributed by atoms with Gasteiger partial charge in [0.25, 0.3) is 10.2 Å². The number of halogens is 1. The molecule has 0 bridgehead atoms. The van der Waals surface area contributed by atoms with Crippen molar-refractivity contribution < 1.29 is 31.2 Å². The highest BCUT2D eigenvalue weighted by Crippen LogP contribution is 2.45. The van der Waals surface area contributed by atoms with Crippen LogP contribution in [0.25, 0.3) is 10.4 Å². The van der Waals surface area contributed by atoms with Crippen molar-refractivity contribution in [3.05, 3.63) is 46.3 Å². The fourth-order valence-electron chi connectivity index (χ4n) is 5.45. The number of rotatable bonds is 8. The second-order valence-corrected chi connectivity index (χ2v) is 16.2. The number of nitrogens with one attached hydrogen (secondary N) is 1. The molecular weight excluding hydrogens is 598 g/mol. The number of sulfone groups is 1. The highest BCUT2D eigenvalue weighted by atomic mass is 35.5. The first-order chi connectivity index (χ1) is 19.1. The van der Waals surface area contributed by atoms with E-state index < -0.39 is 49.2 Å². The topological polar surface area (TPSA) is 122 Å². The van der Waals surface area contributed by atoms with Gasteiger partial charge < -0.3 is 4.74 Å². The zero-order chi connectivity index (χ0) is 28.4. The minimum absolute atomic E-state index is 0.0217. The van der Waals surface area contributed by atoms with Gasteiger partial charge in [0.1, 0.15) is 4.75 Å². The molecule has 5 rings (SSSR count). The average molecular weight is 632 g/mol. The van der Waals surface area contributed by atoms with E-state index in [-0.39, 0.29) is 19.5 Å². The molecule has 0 aliphatic carbocycles. The first-order valence-corrected chi connectivity index (χ1v) is 17.7. The zero-order valence-electron chi connectivity index (χ0n) is 22.1. The highest BCUT2D eigenvalue weighted by molar-refractivity contribution is 7.92. The summed E-state index contributed by atoms with van der Waals surface area (Å²) in [5.74, 6) is -0.997. The van der Waals surface area contributed by atoms with Crippen molar-refractivity contribution in [2.24, 2.45) is 0 Å². The van der Waals surface area contributed by atoms with Gasteiger partial charge in [-0.15, -0.1) is 11.3 Å². The second kappa shape index (κ2) is 12.3. The first kappa shape index (κ1) is 29.9. The van der Waals surface area contributed by atoms with Gasteiger partial charge in [0.2, 0.25) is 5.91 Å². The van der Waals surface area contributed by atoms with Crippen LogP contribution in [0.3, 0.4) is 0 Å². The lowest BCUT2D eigenvalue weighted by Crippen LogP contribution is -2.44. The van der Waals surface area contributed by atoms with Crippen LogP contribution < -0.4 is 5.48 Å². The van der Waals surface area contributed by atoms with Crippen LogP contribution in [0.5, 0.6) is 0 Å². The van der Waals surface area contributed by atoms with Crippen molar-refractivity contribution in [2.75, 3.05) is 38.5 Å². The Kier molecular flexibility index (Phi) is 9.22. The molecule has 2 aromatic rings. The van der Waals surface area contributed by atoms with E-state index in [1.165, 1.54) is 19.9 Å². The van der Waals surface area contributed by atoms with E-state index in [1.54, 1.807) is 18.2 Å². The van der Waals surface area contributed by atoms with Gasteiger partial charge in [0.05, 0.1) is 12.2 Å². The van der Waals surface area contributed by atoms with Crippen LogP contribution in [-0.2, 0) is 39.2 Å². The van der Waals surface area contributed by atoms with Crippen LogP contribution in [0.2, 0.25) is 5.02 Å². The van der Waals surface area contributed by atoms with Crippen molar-refractivity contribution in [1.29, 1.82) is 0 Å². The molecule has 1 aromatic heterocycles. The number of thiophene rings is 1. The van der Waals surface area contributed by atoms with Crippen LogP contribution in [0.1, 0.15) is 49.8 Å². The number of ether oxygens (including phenoxy) is 1. The van der Waals surface area contributed by atoms with Gasteiger partial charge in [-0.1, -0.05) is 23.7 Å². The van der Waals surface area contributed by atoms with Crippen molar-refractivity contribution in [3.8, 4) is 10.4 Å². The van der Waals surface area contributed by atoms with E-state index in [4.69, 9.17) is 21.2 Å². The smallest absolute Gasteiger partial charge is 0.282 e. The van der Waals surface area contributed by atoms with Crippen LogP contribution in [-0.4, -0.2) is 76.2 Å². The van der Waals surface area contributed by atoms with Gasteiger partial charge in [-0.3, -0.25) is 4.79 Å². The first-order valence-electron chi connectivity index (χ1n) is 13.5. The largest absolute Gasteiger partial charge is 0.350 e. The summed E-state index contributed by atoms with van der Waals surface area (Å²) in [6, 6.07) is 10.8. The molecule has 3 aliphatic heterocycles. The maximum atomic E-state index is 14.1. The summed E-state index contributed by atoms with van der Waals surface area (Å²) in [4.78, 5) is 20.0. The van der Waals surface area contributed by atoms with Gasteiger partial charge in [-0.05, 0) is 61.9 Å². The Morgan fingerprint density at radius 2 is 1.77 bits per heavy atom. The molecule has 3 fully saturated rings. The summed E-state index contributed by atoms with van der Waals surface area (Å²) in [5.41, 5.74) is 3.27. The maximum absolute atomic E-state index is 14.1. The molecular formula is C26H34ClN3O7S3. The molecule has 1 aromatic carbocycles. The summed E-state index contributed by atoms with van der Waals surface area (Å²) >= 11 is 7.33. The van der Waals surface area contributed by atoms with Crippen LogP contribution >= 0.6 is 22.9 Å².